The van der Waals surface area contributed by atoms with Crippen molar-refractivity contribution >= 4 is 33.0 Å². The van der Waals surface area contributed by atoms with E-state index in [2.05, 4.69) is 38.9 Å². The number of anilines is 2. The minimum absolute atomic E-state index is 0.318. The van der Waals surface area contributed by atoms with Crippen LogP contribution in [0.1, 0.15) is 63.5 Å². The molecule has 7 nitrogen and oxygen atoms in total. The standard InChI is InChI=1S/C24H30N4O3S2/c1-15(2)22-14-32-28-23(22)31-13-17-9-18(10-17)19-11-25-24(26-12-19)27-20-5-7-21(8-6-20)33(29,30)16(3)4/h5-8,11-12,14-18H,9-10,13H2,1-4H3,(H,25,26,27). The minimum atomic E-state index is -3.28. The van der Waals surface area contributed by atoms with E-state index in [1.807, 2.05) is 12.4 Å². The number of hydrogen-bond acceptors (Lipinski definition) is 8. The first-order valence-electron chi connectivity index (χ1n) is 11.2. The Balaban J connectivity index is 1.27. The van der Waals surface area contributed by atoms with Gasteiger partial charge in [0, 0.05) is 29.0 Å². The normalized spacial score (nSPS) is 18.4. The van der Waals surface area contributed by atoms with E-state index in [-0.39, 0.29) is 0 Å². The van der Waals surface area contributed by atoms with E-state index < -0.39 is 15.1 Å². The second kappa shape index (κ2) is 9.77. The van der Waals surface area contributed by atoms with Gasteiger partial charge in [-0.2, -0.15) is 4.37 Å². The second-order valence-corrected chi connectivity index (χ2v) is 12.3. The lowest BCUT2D eigenvalue weighted by atomic mass is 9.72. The Kier molecular flexibility index (Phi) is 6.99. The van der Waals surface area contributed by atoms with E-state index >= 15 is 0 Å². The van der Waals surface area contributed by atoms with E-state index in [0.29, 0.717) is 35.2 Å². The topological polar surface area (TPSA) is 94.1 Å². The van der Waals surface area contributed by atoms with Crippen molar-refractivity contribution in [1.29, 1.82) is 0 Å². The Labute approximate surface area is 199 Å². The summed E-state index contributed by atoms with van der Waals surface area (Å²) in [7, 11) is -3.28. The van der Waals surface area contributed by atoms with Gasteiger partial charge < -0.3 is 10.1 Å². The molecular formula is C24H30N4O3S2. The fraction of sp³-hybridized carbons (Fsp3) is 0.458. The summed E-state index contributed by atoms with van der Waals surface area (Å²) < 4.78 is 34.8. The molecule has 33 heavy (non-hydrogen) atoms. The van der Waals surface area contributed by atoms with Crippen LogP contribution in [0.15, 0.2) is 46.9 Å². The molecule has 1 aliphatic carbocycles. The largest absolute Gasteiger partial charge is 0.477 e. The Morgan fingerprint density at radius 2 is 1.76 bits per heavy atom. The molecule has 0 amide bonds. The van der Waals surface area contributed by atoms with Crippen molar-refractivity contribution in [2.24, 2.45) is 5.92 Å². The average molecular weight is 487 g/mol. The van der Waals surface area contributed by atoms with Crippen molar-refractivity contribution in [1.82, 2.24) is 14.3 Å². The summed E-state index contributed by atoms with van der Waals surface area (Å²) in [5, 5.41) is 4.75. The van der Waals surface area contributed by atoms with Crippen LogP contribution in [-0.4, -0.2) is 34.6 Å². The third kappa shape index (κ3) is 5.35. The van der Waals surface area contributed by atoms with Crippen molar-refractivity contribution in [2.45, 2.75) is 62.5 Å². The maximum atomic E-state index is 12.2. The summed E-state index contributed by atoms with van der Waals surface area (Å²) >= 11 is 1.45. The van der Waals surface area contributed by atoms with E-state index in [9.17, 15) is 8.42 Å². The summed E-state index contributed by atoms with van der Waals surface area (Å²) in [5.41, 5.74) is 3.06. The number of nitrogens with zero attached hydrogens (tertiary/aromatic N) is 3. The van der Waals surface area contributed by atoms with E-state index in [4.69, 9.17) is 4.74 Å². The van der Waals surface area contributed by atoms with Gasteiger partial charge in [-0.25, -0.2) is 18.4 Å². The predicted molar refractivity (Wildman–Crippen MR) is 131 cm³/mol. The Morgan fingerprint density at radius 1 is 1.09 bits per heavy atom. The summed E-state index contributed by atoms with van der Waals surface area (Å²) in [6.45, 7) is 8.36. The van der Waals surface area contributed by atoms with Crippen molar-refractivity contribution in [3.63, 3.8) is 0 Å². The van der Waals surface area contributed by atoms with Gasteiger partial charge in [0.05, 0.1) is 16.8 Å². The molecule has 1 aliphatic rings. The van der Waals surface area contributed by atoms with Crippen molar-refractivity contribution in [3.8, 4) is 5.88 Å². The highest BCUT2D eigenvalue weighted by Crippen LogP contribution is 2.41. The molecule has 176 valence electrons. The maximum Gasteiger partial charge on any atom is 0.228 e. The molecule has 0 bridgehead atoms. The third-order valence-corrected chi connectivity index (χ3v) is 8.88. The molecule has 9 heteroatoms. The SMILES string of the molecule is CC(C)c1csnc1OCC1CC(c2cnc(Nc3ccc(S(=O)(=O)C(C)C)cc3)nc2)C1. The molecule has 1 N–H and O–H groups in total. The van der Waals surface area contributed by atoms with Crippen LogP contribution in [0.4, 0.5) is 11.6 Å². The van der Waals surface area contributed by atoms with Crippen molar-refractivity contribution in [2.75, 3.05) is 11.9 Å². The van der Waals surface area contributed by atoms with Crippen LogP contribution in [0.2, 0.25) is 0 Å². The third-order valence-electron chi connectivity index (χ3n) is 6.08. The van der Waals surface area contributed by atoms with Crippen LogP contribution in [0.25, 0.3) is 0 Å². The van der Waals surface area contributed by atoms with Crippen molar-refractivity contribution < 1.29 is 13.2 Å². The lowest BCUT2D eigenvalue weighted by Gasteiger charge is -2.35. The van der Waals surface area contributed by atoms with E-state index in [0.717, 1.165) is 30.0 Å². The molecule has 0 saturated heterocycles. The zero-order valence-corrected chi connectivity index (χ0v) is 21.0. The monoisotopic (exact) mass is 486 g/mol. The fourth-order valence-electron chi connectivity index (χ4n) is 3.81. The molecule has 1 saturated carbocycles. The van der Waals surface area contributed by atoms with Gasteiger partial charge in [-0.15, -0.1) is 0 Å². The summed E-state index contributed by atoms with van der Waals surface area (Å²) in [4.78, 5) is 9.19. The first-order valence-corrected chi connectivity index (χ1v) is 13.6. The van der Waals surface area contributed by atoms with Gasteiger partial charge in [0.15, 0.2) is 9.84 Å². The summed E-state index contributed by atoms with van der Waals surface area (Å²) in [6, 6.07) is 6.68. The smallest absolute Gasteiger partial charge is 0.228 e. The molecule has 2 aromatic heterocycles. The number of hydrogen-bond donors (Lipinski definition) is 1. The number of benzene rings is 1. The Hall–Kier alpha value is -2.52. The minimum Gasteiger partial charge on any atom is -0.477 e. The van der Waals surface area contributed by atoms with Gasteiger partial charge in [0.1, 0.15) is 0 Å². The number of sulfone groups is 1. The van der Waals surface area contributed by atoms with Gasteiger partial charge in [-0.05, 0) is 85.8 Å². The molecule has 0 unspecified atom stereocenters. The maximum absolute atomic E-state index is 12.2. The zero-order chi connectivity index (χ0) is 23.6. The molecule has 0 atom stereocenters. The molecule has 2 heterocycles. The van der Waals surface area contributed by atoms with Gasteiger partial charge in [0.2, 0.25) is 11.8 Å². The number of rotatable bonds is 9. The molecule has 0 spiro atoms. The van der Waals surface area contributed by atoms with Crippen LogP contribution in [0.5, 0.6) is 5.88 Å². The molecule has 1 fully saturated rings. The zero-order valence-electron chi connectivity index (χ0n) is 19.4. The van der Waals surface area contributed by atoms with E-state index in [1.165, 1.54) is 17.1 Å². The molecule has 0 radical (unpaired) electrons. The quantitative estimate of drug-likeness (QED) is 0.423. The van der Waals surface area contributed by atoms with Crippen LogP contribution in [-0.2, 0) is 9.84 Å². The molecule has 4 rings (SSSR count). The molecule has 1 aromatic carbocycles. The van der Waals surface area contributed by atoms with Crippen LogP contribution < -0.4 is 10.1 Å². The van der Waals surface area contributed by atoms with Gasteiger partial charge in [0.25, 0.3) is 0 Å². The highest BCUT2D eigenvalue weighted by Gasteiger charge is 2.31. The van der Waals surface area contributed by atoms with Gasteiger partial charge >= 0.3 is 0 Å². The van der Waals surface area contributed by atoms with Crippen LogP contribution in [0, 0.1) is 5.92 Å². The summed E-state index contributed by atoms with van der Waals surface area (Å²) in [6.07, 6.45) is 5.85. The first kappa shape index (κ1) is 23.6. The van der Waals surface area contributed by atoms with Crippen molar-refractivity contribution in [3.05, 3.63) is 53.2 Å². The highest BCUT2D eigenvalue weighted by molar-refractivity contribution is 7.92. The lowest BCUT2D eigenvalue weighted by molar-refractivity contribution is 0.153. The van der Waals surface area contributed by atoms with E-state index in [1.54, 1.807) is 38.1 Å². The number of ether oxygens (including phenoxy) is 1. The average Bonchev–Trinajstić information content (AvgIpc) is 3.23. The van der Waals surface area contributed by atoms with Crippen LogP contribution >= 0.6 is 11.5 Å². The molecule has 3 aromatic rings. The first-order chi connectivity index (χ1) is 15.7. The predicted octanol–water partition coefficient (Wildman–Crippen LogP) is 5.55. The van der Waals surface area contributed by atoms with Gasteiger partial charge in [-0.3, -0.25) is 0 Å². The molecular weight excluding hydrogens is 456 g/mol. The summed E-state index contributed by atoms with van der Waals surface area (Å²) in [5.74, 6) is 2.67. The van der Waals surface area contributed by atoms with Gasteiger partial charge in [-0.1, -0.05) is 13.8 Å². The van der Waals surface area contributed by atoms with Crippen LogP contribution in [0.3, 0.4) is 0 Å². The number of nitrogens with one attached hydrogen (secondary N) is 1. The second-order valence-electron chi connectivity index (χ2n) is 9.16. The Morgan fingerprint density at radius 3 is 2.36 bits per heavy atom. The fourth-order valence-corrected chi connectivity index (χ4v) is 5.66. The number of aromatic nitrogens is 3. The Bertz CT molecular complexity index is 1170. The molecule has 0 aliphatic heterocycles. The highest BCUT2D eigenvalue weighted by atomic mass is 32.2. The lowest BCUT2D eigenvalue weighted by Crippen LogP contribution is -2.27.